The van der Waals surface area contributed by atoms with E-state index in [1.807, 2.05) is 36.4 Å². The van der Waals surface area contributed by atoms with Crippen LogP contribution in [0.1, 0.15) is 24.7 Å². The van der Waals surface area contributed by atoms with Gasteiger partial charge in [0.25, 0.3) is 0 Å². The highest BCUT2D eigenvalue weighted by Gasteiger charge is 2.00. The number of hydrogen-bond acceptors (Lipinski definition) is 4. The highest BCUT2D eigenvalue weighted by atomic mass is 127. The summed E-state index contributed by atoms with van der Waals surface area (Å²) in [6, 6.07) is 11.6. The predicted octanol–water partition coefficient (Wildman–Crippen LogP) is 3.17. The van der Waals surface area contributed by atoms with Gasteiger partial charge >= 0.3 is 0 Å². The molecular weight excluding hydrogens is 471 g/mol. The summed E-state index contributed by atoms with van der Waals surface area (Å²) in [6.45, 7) is 4.21. The molecule has 1 aromatic heterocycles. The third kappa shape index (κ3) is 9.75. The van der Waals surface area contributed by atoms with Crippen molar-refractivity contribution in [1.29, 1.82) is 0 Å². The Balaban J connectivity index is 0.00000392. The topological polar surface area (TPSA) is 87.9 Å². The van der Waals surface area contributed by atoms with Crippen molar-refractivity contribution >= 4 is 41.5 Å². The van der Waals surface area contributed by atoms with Crippen LogP contribution in [0.3, 0.4) is 0 Å². The molecule has 2 rings (SSSR count). The lowest BCUT2D eigenvalue weighted by Gasteiger charge is -2.12. The van der Waals surface area contributed by atoms with Crippen molar-refractivity contribution in [3.05, 3.63) is 54.0 Å². The molecule has 1 heterocycles. The maximum atomic E-state index is 11.0. The maximum Gasteiger partial charge on any atom is 0.221 e. The Morgan fingerprint density at radius 1 is 1.14 bits per heavy atom. The molecule has 0 aliphatic carbocycles. The van der Waals surface area contributed by atoms with Gasteiger partial charge in [-0.1, -0.05) is 12.1 Å². The molecule has 0 spiro atoms. The summed E-state index contributed by atoms with van der Waals surface area (Å²) in [5.41, 5.74) is 2.00. The number of carbonyl (C=O) groups excluding carboxylic acids is 1. The Kier molecular flexibility index (Phi) is 12.0. The number of carbonyl (C=O) groups is 1. The normalized spacial score (nSPS) is 10.9. The number of anilines is 1. The number of guanidine groups is 1. The van der Waals surface area contributed by atoms with Crippen LogP contribution in [-0.2, 0) is 22.6 Å². The third-order valence-electron chi connectivity index (χ3n) is 3.79. The van der Waals surface area contributed by atoms with E-state index >= 15 is 0 Å². The first-order valence-electron chi connectivity index (χ1n) is 9.08. The number of benzene rings is 1. The maximum absolute atomic E-state index is 11.0. The molecule has 7 nitrogen and oxygen atoms in total. The lowest BCUT2D eigenvalue weighted by atomic mass is 10.1. The molecule has 3 N–H and O–H groups in total. The van der Waals surface area contributed by atoms with Gasteiger partial charge in [0.2, 0.25) is 5.91 Å². The lowest BCUT2D eigenvalue weighted by Crippen LogP contribution is -2.39. The number of halogens is 1. The van der Waals surface area contributed by atoms with Crippen LogP contribution in [0.5, 0.6) is 0 Å². The molecule has 0 aliphatic heterocycles. The largest absolute Gasteiger partial charge is 0.467 e. The Morgan fingerprint density at radius 3 is 2.54 bits per heavy atom. The van der Waals surface area contributed by atoms with Gasteiger partial charge in [-0.15, -0.1) is 24.0 Å². The van der Waals surface area contributed by atoms with Gasteiger partial charge in [-0.05, 0) is 42.7 Å². The summed E-state index contributed by atoms with van der Waals surface area (Å²) in [5.74, 6) is 1.55. The zero-order chi connectivity index (χ0) is 19.3. The van der Waals surface area contributed by atoms with E-state index in [1.54, 1.807) is 13.3 Å². The van der Waals surface area contributed by atoms with Gasteiger partial charge in [0.15, 0.2) is 5.96 Å². The highest BCUT2D eigenvalue weighted by molar-refractivity contribution is 14.0. The van der Waals surface area contributed by atoms with Gasteiger partial charge in [-0.2, -0.15) is 0 Å². The number of hydrogen-bond donors (Lipinski definition) is 3. The molecule has 2 aromatic rings. The fourth-order valence-electron chi connectivity index (χ4n) is 2.45. The van der Waals surface area contributed by atoms with E-state index in [0.29, 0.717) is 13.2 Å². The van der Waals surface area contributed by atoms with E-state index in [0.717, 1.165) is 43.3 Å². The van der Waals surface area contributed by atoms with Crippen LogP contribution >= 0.6 is 24.0 Å². The van der Waals surface area contributed by atoms with Crippen LogP contribution < -0.4 is 16.0 Å². The Morgan fingerprint density at radius 2 is 1.89 bits per heavy atom. The van der Waals surface area contributed by atoms with Crippen LogP contribution in [0.15, 0.2) is 52.1 Å². The van der Waals surface area contributed by atoms with Gasteiger partial charge in [-0.25, -0.2) is 0 Å². The summed E-state index contributed by atoms with van der Waals surface area (Å²) < 4.78 is 10.8. The van der Waals surface area contributed by atoms with Crippen molar-refractivity contribution in [2.24, 2.45) is 4.99 Å². The van der Waals surface area contributed by atoms with Crippen LogP contribution in [0.25, 0.3) is 0 Å². The van der Waals surface area contributed by atoms with Crippen LogP contribution in [0, 0.1) is 0 Å². The first-order valence-corrected chi connectivity index (χ1v) is 9.08. The molecular formula is C20H29IN4O3. The molecule has 0 saturated carbocycles. The Labute approximate surface area is 183 Å². The quantitative estimate of drug-likeness (QED) is 0.202. The smallest absolute Gasteiger partial charge is 0.221 e. The van der Waals surface area contributed by atoms with Gasteiger partial charge < -0.3 is 25.1 Å². The summed E-state index contributed by atoms with van der Waals surface area (Å²) in [6.07, 6.45) is 3.40. The zero-order valence-electron chi connectivity index (χ0n) is 16.4. The molecule has 0 bridgehead atoms. The van der Waals surface area contributed by atoms with Crippen LogP contribution in [-0.4, -0.2) is 38.6 Å². The number of ether oxygens (including phenoxy) is 1. The number of aliphatic imine (C=N–C) groups is 1. The van der Waals surface area contributed by atoms with Crippen LogP contribution in [0.2, 0.25) is 0 Å². The van der Waals surface area contributed by atoms with Crippen molar-refractivity contribution in [3.8, 4) is 0 Å². The summed E-state index contributed by atoms with van der Waals surface area (Å²) in [4.78, 5) is 15.2. The van der Waals surface area contributed by atoms with E-state index in [2.05, 4.69) is 20.9 Å². The summed E-state index contributed by atoms with van der Waals surface area (Å²) >= 11 is 0. The van der Waals surface area contributed by atoms with E-state index in [-0.39, 0.29) is 29.9 Å². The molecule has 28 heavy (non-hydrogen) atoms. The molecule has 0 fully saturated rings. The van der Waals surface area contributed by atoms with E-state index in [9.17, 15) is 4.79 Å². The number of nitrogens with one attached hydrogen (secondary N) is 3. The van der Waals surface area contributed by atoms with Gasteiger partial charge in [0, 0.05) is 39.4 Å². The molecule has 0 aliphatic rings. The minimum atomic E-state index is -0.0642. The van der Waals surface area contributed by atoms with Gasteiger partial charge in [-0.3, -0.25) is 9.79 Å². The average Bonchev–Trinajstić information content (AvgIpc) is 3.17. The predicted molar refractivity (Wildman–Crippen MR) is 122 cm³/mol. The fourth-order valence-corrected chi connectivity index (χ4v) is 2.45. The lowest BCUT2D eigenvalue weighted by molar-refractivity contribution is -0.114. The Hall–Kier alpha value is -2.07. The molecule has 1 aromatic carbocycles. The van der Waals surface area contributed by atoms with Crippen molar-refractivity contribution in [2.45, 2.75) is 26.4 Å². The first kappa shape index (κ1) is 24.0. The number of rotatable bonds is 10. The molecule has 0 unspecified atom stereocenters. The second kappa shape index (κ2) is 14.0. The SMILES string of the molecule is CN=C(NCCCOCc1ccco1)NCCc1ccc(NC(C)=O)cc1.I. The molecule has 1 amide bonds. The van der Waals surface area contributed by atoms with Gasteiger partial charge in [0.1, 0.15) is 12.4 Å². The molecule has 0 saturated heterocycles. The molecule has 0 radical (unpaired) electrons. The van der Waals surface area contributed by atoms with Crippen molar-refractivity contribution in [3.63, 3.8) is 0 Å². The molecule has 8 heteroatoms. The van der Waals surface area contributed by atoms with E-state index < -0.39 is 0 Å². The highest BCUT2D eigenvalue weighted by Crippen LogP contribution is 2.09. The third-order valence-corrected chi connectivity index (χ3v) is 3.79. The standard InChI is InChI=1S/C20H28N4O3.HI/c1-16(25)24-18-8-6-17(7-9-18)10-12-23-20(21-2)22-11-4-13-26-15-19-5-3-14-27-19;/h3,5-9,14H,4,10-13,15H2,1-2H3,(H,24,25)(H2,21,22,23);1H. The van der Waals surface area contributed by atoms with Crippen LogP contribution in [0.4, 0.5) is 5.69 Å². The fraction of sp³-hybridized carbons (Fsp3) is 0.400. The molecule has 154 valence electrons. The van der Waals surface area contributed by atoms with Gasteiger partial charge in [0.05, 0.1) is 6.26 Å². The Bertz CT molecular complexity index is 703. The average molecular weight is 500 g/mol. The number of amides is 1. The van der Waals surface area contributed by atoms with E-state index in [4.69, 9.17) is 9.15 Å². The first-order chi connectivity index (χ1) is 13.2. The number of furan rings is 1. The summed E-state index contributed by atoms with van der Waals surface area (Å²) in [5, 5.41) is 9.32. The second-order valence-corrected chi connectivity index (χ2v) is 6.04. The monoisotopic (exact) mass is 500 g/mol. The summed E-state index contributed by atoms with van der Waals surface area (Å²) in [7, 11) is 1.75. The van der Waals surface area contributed by atoms with Crippen molar-refractivity contribution < 1.29 is 13.9 Å². The second-order valence-electron chi connectivity index (χ2n) is 6.04. The van der Waals surface area contributed by atoms with E-state index in [1.165, 1.54) is 12.5 Å². The minimum absolute atomic E-state index is 0. The number of nitrogens with zero attached hydrogens (tertiary/aromatic N) is 1. The zero-order valence-corrected chi connectivity index (χ0v) is 18.7. The minimum Gasteiger partial charge on any atom is -0.467 e. The van der Waals surface area contributed by atoms with Crippen molar-refractivity contribution in [2.75, 3.05) is 32.1 Å². The van der Waals surface area contributed by atoms with Crippen molar-refractivity contribution in [1.82, 2.24) is 10.6 Å². The molecule has 0 atom stereocenters.